The lowest BCUT2D eigenvalue weighted by Gasteiger charge is -2.20. The molecule has 2 rings (SSSR count). The maximum Gasteiger partial charge on any atom is 0.341 e. The van der Waals surface area contributed by atoms with Crippen molar-refractivity contribution in [2.45, 2.75) is 38.4 Å². The lowest BCUT2D eigenvalue weighted by Crippen LogP contribution is -2.24. The van der Waals surface area contributed by atoms with Crippen LogP contribution in [0.3, 0.4) is 0 Å². The van der Waals surface area contributed by atoms with Crippen LogP contribution in [0.2, 0.25) is 0 Å². The molecular formula is C17H23BO7S. The predicted octanol–water partition coefficient (Wildman–Crippen LogP) is 1.35. The normalized spacial score (nSPS) is 15.4. The molecule has 7 nitrogen and oxygen atoms in total. The van der Waals surface area contributed by atoms with Gasteiger partial charge in [0.15, 0.2) is 0 Å². The fourth-order valence-corrected chi connectivity index (χ4v) is 3.18. The highest BCUT2D eigenvalue weighted by atomic mass is 32.2. The minimum atomic E-state index is -4.22. The van der Waals surface area contributed by atoms with E-state index < -0.39 is 28.4 Å². The molecule has 1 aromatic rings. The van der Waals surface area contributed by atoms with Crippen molar-refractivity contribution in [3.63, 3.8) is 0 Å². The predicted molar refractivity (Wildman–Crippen MR) is 97.6 cm³/mol. The molecule has 142 valence electrons. The Morgan fingerprint density at radius 3 is 2.50 bits per heavy atom. The largest absolute Gasteiger partial charge is 0.461 e. The molecule has 1 aliphatic rings. The Morgan fingerprint density at radius 1 is 1.19 bits per heavy atom. The number of carbonyl (C=O) groups is 2. The van der Waals surface area contributed by atoms with E-state index in [2.05, 4.69) is 0 Å². The highest BCUT2D eigenvalue weighted by molar-refractivity contribution is 7.85. The summed E-state index contributed by atoms with van der Waals surface area (Å²) in [6.45, 7) is -0.483. The van der Waals surface area contributed by atoms with Gasteiger partial charge in [0.05, 0.1) is 5.92 Å². The van der Waals surface area contributed by atoms with E-state index >= 15 is 0 Å². The monoisotopic (exact) mass is 382 g/mol. The second kappa shape index (κ2) is 9.18. The van der Waals surface area contributed by atoms with Crippen LogP contribution in [0.15, 0.2) is 18.2 Å². The molecule has 0 spiro atoms. The van der Waals surface area contributed by atoms with Crippen molar-refractivity contribution in [1.82, 2.24) is 0 Å². The van der Waals surface area contributed by atoms with Gasteiger partial charge in [-0.25, -0.2) is 4.79 Å². The Kier molecular flexibility index (Phi) is 7.22. The van der Waals surface area contributed by atoms with Gasteiger partial charge in [0.25, 0.3) is 10.1 Å². The van der Waals surface area contributed by atoms with Gasteiger partial charge in [-0.1, -0.05) is 37.2 Å². The molecule has 0 atom stereocenters. The Hall–Kier alpha value is -1.87. The molecule has 0 heterocycles. The minimum Gasteiger partial charge on any atom is -0.461 e. The van der Waals surface area contributed by atoms with E-state index in [0.717, 1.165) is 37.7 Å². The summed E-state index contributed by atoms with van der Waals surface area (Å²) in [5, 5.41) is 0. The molecule has 1 aromatic carbocycles. The zero-order valence-electron chi connectivity index (χ0n) is 14.8. The third kappa shape index (κ3) is 6.14. The van der Waals surface area contributed by atoms with Crippen LogP contribution in [0.5, 0.6) is 5.75 Å². The van der Waals surface area contributed by atoms with Crippen molar-refractivity contribution in [3.05, 3.63) is 29.3 Å². The molecule has 0 radical (unpaired) electrons. The second-order valence-corrected chi connectivity index (χ2v) is 7.93. The average Bonchev–Trinajstić information content (AvgIpc) is 2.61. The molecule has 1 fully saturated rings. The number of rotatable bonds is 7. The van der Waals surface area contributed by atoms with Crippen molar-refractivity contribution in [2.24, 2.45) is 5.92 Å². The Bertz CT molecular complexity index is 754. The zero-order chi connectivity index (χ0) is 19.2. The van der Waals surface area contributed by atoms with Crippen molar-refractivity contribution in [2.75, 3.05) is 12.4 Å². The quantitative estimate of drug-likeness (QED) is 0.328. The molecule has 0 aromatic heterocycles. The van der Waals surface area contributed by atoms with Crippen LogP contribution in [0.25, 0.3) is 0 Å². The van der Waals surface area contributed by atoms with Gasteiger partial charge in [-0.05, 0) is 25.0 Å². The standard InChI is InChI=1S/C17H23BO7S/c18-11-12-6-7-14(17(20)24-8-9-26(21,22)23)15(10-12)25-16(19)13-4-2-1-3-5-13/h6-7,10,13H,1-5,8-9,11,18H2,(H,21,22,23). The molecule has 1 N–H and O–H groups in total. The first kappa shape index (κ1) is 20.4. The fraction of sp³-hybridized carbons (Fsp3) is 0.529. The summed E-state index contributed by atoms with van der Waals surface area (Å²) in [4.78, 5) is 24.6. The van der Waals surface area contributed by atoms with E-state index in [1.165, 1.54) is 6.07 Å². The summed E-state index contributed by atoms with van der Waals surface area (Å²) in [6, 6.07) is 4.84. The summed E-state index contributed by atoms with van der Waals surface area (Å²) < 4.78 is 40.5. The van der Waals surface area contributed by atoms with Gasteiger partial charge in [0.1, 0.15) is 31.5 Å². The van der Waals surface area contributed by atoms with Gasteiger partial charge < -0.3 is 9.47 Å². The maximum atomic E-state index is 12.4. The van der Waals surface area contributed by atoms with E-state index in [0.29, 0.717) is 6.32 Å². The molecule has 0 amide bonds. The van der Waals surface area contributed by atoms with Crippen molar-refractivity contribution in [3.8, 4) is 5.75 Å². The molecule has 1 aliphatic carbocycles. The Morgan fingerprint density at radius 2 is 1.88 bits per heavy atom. The topological polar surface area (TPSA) is 107 Å². The number of ether oxygens (including phenoxy) is 2. The molecule has 9 heteroatoms. The van der Waals surface area contributed by atoms with Crippen molar-refractivity contribution in [1.29, 1.82) is 0 Å². The number of esters is 2. The van der Waals surface area contributed by atoms with Gasteiger partial charge in [-0.2, -0.15) is 8.42 Å². The summed E-state index contributed by atoms with van der Waals surface area (Å²) in [7, 11) is -2.28. The van der Waals surface area contributed by atoms with Crippen LogP contribution in [-0.4, -0.2) is 45.1 Å². The Balaban J connectivity index is 2.12. The maximum absolute atomic E-state index is 12.4. The van der Waals surface area contributed by atoms with Crippen molar-refractivity contribution < 1.29 is 32.0 Å². The van der Waals surface area contributed by atoms with Crippen LogP contribution in [0, 0.1) is 5.92 Å². The summed E-state index contributed by atoms with van der Waals surface area (Å²) >= 11 is 0. The lowest BCUT2D eigenvalue weighted by atomic mass is 9.89. The van der Waals surface area contributed by atoms with Crippen LogP contribution < -0.4 is 4.74 Å². The molecule has 0 aliphatic heterocycles. The van der Waals surface area contributed by atoms with Gasteiger partial charge in [-0.15, -0.1) is 0 Å². The summed E-state index contributed by atoms with van der Waals surface area (Å²) in [5.41, 5.74) is 0.952. The second-order valence-electron chi connectivity index (χ2n) is 6.36. The summed E-state index contributed by atoms with van der Waals surface area (Å²) in [5.74, 6) is -1.90. The SMILES string of the molecule is BCc1ccc(C(=O)OCCS(=O)(=O)O)c(OC(=O)C2CCCCC2)c1. The minimum absolute atomic E-state index is 0.0571. The van der Waals surface area contributed by atoms with E-state index in [1.54, 1.807) is 12.1 Å². The number of hydrogen-bond donors (Lipinski definition) is 1. The van der Waals surface area contributed by atoms with Gasteiger partial charge >= 0.3 is 11.9 Å². The lowest BCUT2D eigenvalue weighted by molar-refractivity contribution is -0.140. The van der Waals surface area contributed by atoms with Gasteiger partial charge in [-0.3, -0.25) is 9.35 Å². The number of benzene rings is 1. The number of hydrogen-bond acceptors (Lipinski definition) is 6. The highest BCUT2D eigenvalue weighted by Gasteiger charge is 2.25. The Labute approximate surface area is 154 Å². The third-order valence-electron chi connectivity index (χ3n) is 4.40. The third-order valence-corrected chi connectivity index (χ3v) is 5.08. The zero-order valence-corrected chi connectivity index (χ0v) is 15.6. The van der Waals surface area contributed by atoms with Gasteiger partial charge in [0, 0.05) is 0 Å². The van der Waals surface area contributed by atoms with Gasteiger partial charge in [0.2, 0.25) is 0 Å². The van der Waals surface area contributed by atoms with E-state index in [9.17, 15) is 18.0 Å². The molecular weight excluding hydrogens is 359 g/mol. The summed E-state index contributed by atoms with van der Waals surface area (Å²) in [6.07, 6.45) is 5.34. The first-order chi connectivity index (χ1) is 12.3. The van der Waals surface area contributed by atoms with E-state index in [-0.39, 0.29) is 23.2 Å². The molecule has 0 unspecified atom stereocenters. The van der Waals surface area contributed by atoms with Crippen LogP contribution in [-0.2, 0) is 26.0 Å². The van der Waals surface area contributed by atoms with Crippen molar-refractivity contribution >= 4 is 29.9 Å². The van der Waals surface area contributed by atoms with E-state index in [4.69, 9.17) is 14.0 Å². The highest BCUT2D eigenvalue weighted by Crippen LogP contribution is 2.28. The van der Waals surface area contributed by atoms with Crippen LogP contribution in [0.1, 0.15) is 48.0 Å². The van der Waals surface area contributed by atoms with E-state index in [1.807, 2.05) is 7.85 Å². The molecule has 0 bridgehead atoms. The molecule has 0 saturated heterocycles. The van der Waals surface area contributed by atoms with Crippen LogP contribution >= 0.6 is 0 Å². The van der Waals surface area contributed by atoms with Crippen LogP contribution in [0.4, 0.5) is 0 Å². The molecule has 26 heavy (non-hydrogen) atoms. The first-order valence-electron chi connectivity index (χ1n) is 8.77. The smallest absolute Gasteiger partial charge is 0.341 e. The first-order valence-corrected chi connectivity index (χ1v) is 10.4. The number of carbonyl (C=O) groups excluding carboxylic acids is 2. The molecule has 1 saturated carbocycles. The average molecular weight is 382 g/mol. The fourth-order valence-electron chi connectivity index (χ4n) is 2.89.